The minimum absolute atomic E-state index is 0.368. The summed E-state index contributed by atoms with van der Waals surface area (Å²) in [6, 6.07) is 9.46. The van der Waals surface area contributed by atoms with Crippen LogP contribution in [0.15, 0.2) is 28.7 Å². The van der Waals surface area contributed by atoms with Crippen molar-refractivity contribution in [3.05, 3.63) is 34.3 Å². The van der Waals surface area contributed by atoms with Crippen LogP contribution in [0.3, 0.4) is 0 Å². The fourth-order valence-corrected chi connectivity index (χ4v) is 2.99. The summed E-state index contributed by atoms with van der Waals surface area (Å²) in [5.41, 5.74) is 1.33. The Bertz CT molecular complexity index is 365. The molecule has 3 heteroatoms. The van der Waals surface area contributed by atoms with Crippen molar-refractivity contribution in [3.8, 4) is 0 Å². The molecule has 3 atom stereocenters. The van der Waals surface area contributed by atoms with Crippen LogP contribution < -0.4 is 5.32 Å². The summed E-state index contributed by atoms with van der Waals surface area (Å²) >= 11 is 3.46. The van der Waals surface area contributed by atoms with E-state index in [9.17, 15) is 0 Å². The SMILES string of the molecule is Brc1ccc(C2COC3CCCC3N2)cc1. The van der Waals surface area contributed by atoms with Crippen LogP contribution >= 0.6 is 15.9 Å². The quantitative estimate of drug-likeness (QED) is 0.855. The molecule has 1 saturated heterocycles. The minimum atomic E-state index is 0.368. The largest absolute Gasteiger partial charge is 0.375 e. The molecule has 2 nitrogen and oxygen atoms in total. The van der Waals surface area contributed by atoms with Crippen LogP contribution in [0.1, 0.15) is 30.9 Å². The predicted molar refractivity (Wildman–Crippen MR) is 67.4 cm³/mol. The minimum Gasteiger partial charge on any atom is -0.375 e. The van der Waals surface area contributed by atoms with Crippen molar-refractivity contribution in [1.29, 1.82) is 0 Å². The van der Waals surface area contributed by atoms with Crippen molar-refractivity contribution < 1.29 is 4.74 Å². The number of morpholine rings is 1. The molecule has 0 amide bonds. The van der Waals surface area contributed by atoms with Crippen molar-refractivity contribution in [1.82, 2.24) is 5.32 Å². The normalized spacial score (nSPS) is 33.7. The molecule has 0 aromatic heterocycles. The summed E-state index contributed by atoms with van der Waals surface area (Å²) in [5, 5.41) is 3.71. The van der Waals surface area contributed by atoms with E-state index in [1.165, 1.54) is 24.8 Å². The fourth-order valence-electron chi connectivity index (χ4n) is 2.73. The Hall–Kier alpha value is -0.380. The van der Waals surface area contributed by atoms with Gasteiger partial charge < -0.3 is 10.1 Å². The molecule has 3 unspecified atom stereocenters. The van der Waals surface area contributed by atoms with E-state index in [2.05, 4.69) is 45.5 Å². The van der Waals surface area contributed by atoms with E-state index >= 15 is 0 Å². The van der Waals surface area contributed by atoms with Gasteiger partial charge in [0.1, 0.15) is 0 Å². The first kappa shape index (κ1) is 10.8. The van der Waals surface area contributed by atoms with Crippen LogP contribution in [0, 0.1) is 0 Å². The van der Waals surface area contributed by atoms with Gasteiger partial charge in [-0.1, -0.05) is 28.1 Å². The van der Waals surface area contributed by atoms with Gasteiger partial charge in [-0.3, -0.25) is 0 Å². The van der Waals surface area contributed by atoms with Gasteiger partial charge in [-0.05, 0) is 37.0 Å². The van der Waals surface area contributed by atoms with E-state index in [4.69, 9.17) is 4.74 Å². The molecule has 1 aliphatic heterocycles. The van der Waals surface area contributed by atoms with Crippen molar-refractivity contribution >= 4 is 15.9 Å². The van der Waals surface area contributed by atoms with Gasteiger partial charge in [-0.15, -0.1) is 0 Å². The summed E-state index contributed by atoms with van der Waals surface area (Å²) in [6.07, 6.45) is 4.25. The van der Waals surface area contributed by atoms with Gasteiger partial charge in [0.2, 0.25) is 0 Å². The third-order valence-corrected chi connectivity index (χ3v) is 4.15. The van der Waals surface area contributed by atoms with E-state index < -0.39 is 0 Å². The molecule has 16 heavy (non-hydrogen) atoms. The van der Waals surface area contributed by atoms with Crippen molar-refractivity contribution in [2.24, 2.45) is 0 Å². The second kappa shape index (κ2) is 4.47. The van der Waals surface area contributed by atoms with Gasteiger partial charge in [0.15, 0.2) is 0 Å². The van der Waals surface area contributed by atoms with Crippen LogP contribution in [0.5, 0.6) is 0 Å². The third kappa shape index (κ3) is 2.04. The molecule has 1 heterocycles. The van der Waals surface area contributed by atoms with Gasteiger partial charge in [0.25, 0.3) is 0 Å². The lowest BCUT2D eigenvalue weighted by molar-refractivity contribution is -0.0140. The van der Waals surface area contributed by atoms with E-state index in [1.54, 1.807) is 0 Å². The maximum Gasteiger partial charge on any atom is 0.0729 e. The number of hydrogen-bond donors (Lipinski definition) is 1. The molecule has 1 N–H and O–H groups in total. The molecule has 2 fully saturated rings. The number of fused-ring (bicyclic) bond motifs is 1. The summed E-state index contributed by atoms with van der Waals surface area (Å²) in [5.74, 6) is 0. The summed E-state index contributed by atoms with van der Waals surface area (Å²) in [7, 11) is 0. The lowest BCUT2D eigenvalue weighted by atomic mass is 10.0. The van der Waals surface area contributed by atoms with Gasteiger partial charge >= 0.3 is 0 Å². The zero-order valence-electron chi connectivity index (χ0n) is 9.16. The Morgan fingerprint density at radius 3 is 2.81 bits per heavy atom. The lowest BCUT2D eigenvalue weighted by Gasteiger charge is -2.34. The Morgan fingerprint density at radius 2 is 2.00 bits per heavy atom. The maximum absolute atomic E-state index is 5.92. The summed E-state index contributed by atoms with van der Waals surface area (Å²) in [4.78, 5) is 0. The van der Waals surface area contributed by atoms with Crippen LogP contribution in [-0.4, -0.2) is 18.8 Å². The van der Waals surface area contributed by atoms with Crippen LogP contribution in [-0.2, 0) is 4.74 Å². The average Bonchev–Trinajstić information content (AvgIpc) is 2.77. The molecule has 3 rings (SSSR count). The summed E-state index contributed by atoms with van der Waals surface area (Å²) in [6.45, 7) is 0.808. The highest BCUT2D eigenvalue weighted by Crippen LogP contribution is 2.30. The van der Waals surface area contributed by atoms with Crippen LogP contribution in [0.4, 0.5) is 0 Å². The third-order valence-electron chi connectivity index (χ3n) is 3.62. The topological polar surface area (TPSA) is 21.3 Å². The zero-order valence-corrected chi connectivity index (χ0v) is 10.7. The van der Waals surface area contributed by atoms with Crippen molar-refractivity contribution in [2.45, 2.75) is 37.5 Å². The smallest absolute Gasteiger partial charge is 0.0729 e. The standard InChI is InChI=1S/C13H16BrNO/c14-10-6-4-9(5-7-10)12-8-16-13-3-1-2-11(13)15-12/h4-7,11-13,15H,1-3,8H2. The fraction of sp³-hybridized carbons (Fsp3) is 0.538. The monoisotopic (exact) mass is 281 g/mol. The molecule has 1 aromatic carbocycles. The highest BCUT2D eigenvalue weighted by atomic mass is 79.9. The molecule has 1 saturated carbocycles. The number of hydrogen-bond acceptors (Lipinski definition) is 2. The Labute approximate surface area is 105 Å². The van der Waals surface area contributed by atoms with Gasteiger partial charge in [-0.25, -0.2) is 0 Å². The molecule has 2 aliphatic rings. The lowest BCUT2D eigenvalue weighted by Crippen LogP contribution is -2.46. The van der Waals surface area contributed by atoms with E-state index in [1.807, 2.05) is 0 Å². The Balaban J connectivity index is 1.74. The molecular formula is C13H16BrNO. The molecule has 0 spiro atoms. The van der Waals surface area contributed by atoms with E-state index in [-0.39, 0.29) is 0 Å². The first-order chi connectivity index (χ1) is 7.83. The molecular weight excluding hydrogens is 266 g/mol. The summed E-state index contributed by atoms with van der Waals surface area (Å²) < 4.78 is 7.06. The first-order valence-corrected chi connectivity index (χ1v) is 6.75. The Kier molecular flexibility index (Phi) is 3.01. The van der Waals surface area contributed by atoms with Gasteiger partial charge in [0, 0.05) is 10.5 Å². The maximum atomic E-state index is 5.92. The highest BCUT2D eigenvalue weighted by Gasteiger charge is 2.34. The molecule has 0 radical (unpaired) electrons. The number of ether oxygens (including phenoxy) is 1. The molecule has 86 valence electrons. The second-order valence-corrected chi connectivity index (χ2v) is 5.60. The molecule has 1 aliphatic carbocycles. The first-order valence-electron chi connectivity index (χ1n) is 5.96. The number of nitrogens with one attached hydrogen (secondary N) is 1. The second-order valence-electron chi connectivity index (χ2n) is 4.68. The van der Waals surface area contributed by atoms with Crippen LogP contribution in [0.25, 0.3) is 0 Å². The number of rotatable bonds is 1. The molecule has 1 aromatic rings. The Morgan fingerprint density at radius 1 is 1.19 bits per heavy atom. The molecule has 0 bridgehead atoms. The predicted octanol–water partition coefficient (Wildman–Crippen LogP) is 3.03. The van der Waals surface area contributed by atoms with Crippen molar-refractivity contribution in [3.63, 3.8) is 0 Å². The van der Waals surface area contributed by atoms with Crippen molar-refractivity contribution in [2.75, 3.05) is 6.61 Å². The number of halogens is 1. The van der Waals surface area contributed by atoms with Gasteiger partial charge in [0.05, 0.1) is 18.8 Å². The zero-order chi connectivity index (χ0) is 11.0. The van der Waals surface area contributed by atoms with Gasteiger partial charge in [-0.2, -0.15) is 0 Å². The number of benzene rings is 1. The highest BCUT2D eigenvalue weighted by molar-refractivity contribution is 9.10. The van der Waals surface area contributed by atoms with E-state index in [0.717, 1.165) is 11.1 Å². The average molecular weight is 282 g/mol. The van der Waals surface area contributed by atoms with E-state index in [0.29, 0.717) is 18.2 Å². The van der Waals surface area contributed by atoms with Crippen LogP contribution in [0.2, 0.25) is 0 Å².